The zero-order valence-electron chi connectivity index (χ0n) is 12.3. The van der Waals surface area contributed by atoms with Gasteiger partial charge in [-0.3, -0.25) is 4.79 Å². The molecule has 0 spiro atoms. The standard InChI is InChI=1S/C13H25N3O3/c1-5-19-12(17)10(2)14-11-6-8-16(9-7-11)13(18)15(3)4/h10-11,14H,5-9H2,1-4H3. The monoisotopic (exact) mass is 271 g/mol. The number of carbonyl (C=O) groups excluding carboxylic acids is 2. The fourth-order valence-electron chi connectivity index (χ4n) is 2.21. The highest BCUT2D eigenvalue weighted by molar-refractivity contribution is 5.75. The van der Waals surface area contributed by atoms with Gasteiger partial charge in [0.25, 0.3) is 0 Å². The third kappa shape index (κ3) is 4.70. The number of piperidine rings is 1. The van der Waals surface area contributed by atoms with Gasteiger partial charge in [-0.05, 0) is 26.7 Å². The van der Waals surface area contributed by atoms with Gasteiger partial charge in [-0.2, -0.15) is 0 Å². The largest absolute Gasteiger partial charge is 0.465 e. The van der Waals surface area contributed by atoms with E-state index in [4.69, 9.17) is 4.74 Å². The molecule has 1 aliphatic heterocycles. The van der Waals surface area contributed by atoms with Gasteiger partial charge in [0, 0.05) is 33.2 Å². The Morgan fingerprint density at radius 2 is 1.95 bits per heavy atom. The molecule has 1 fully saturated rings. The molecule has 0 aromatic heterocycles. The molecule has 0 bridgehead atoms. The number of carbonyl (C=O) groups is 2. The van der Waals surface area contributed by atoms with Crippen LogP contribution in [0.25, 0.3) is 0 Å². The lowest BCUT2D eigenvalue weighted by Gasteiger charge is -2.34. The lowest BCUT2D eigenvalue weighted by atomic mass is 10.0. The van der Waals surface area contributed by atoms with Gasteiger partial charge < -0.3 is 19.9 Å². The minimum Gasteiger partial charge on any atom is -0.465 e. The van der Waals surface area contributed by atoms with E-state index in [9.17, 15) is 9.59 Å². The number of rotatable bonds is 4. The molecule has 110 valence electrons. The Kier molecular flexibility index (Phi) is 6.08. The summed E-state index contributed by atoms with van der Waals surface area (Å²) < 4.78 is 4.96. The predicted molar refractivity (Wildman–Crippen MR) is 72.9 cm³/mol. The summed E-state index contributed by atoms with van der Waals surface area (Å²) in [6, 6.07) is 0.0311. The van der Waals surface area contributed by atoms with Gasteiger partial charge in [-0.1, -0.05) is 0 Å². The molecule has 1 unspecified atom stereocenters. The van der Waals surface area contributed by atoms with Crippen molar-refractivity contribution in [3.05, 3.63) is 0 Å². The van der Waals surface area contributed by atoms with Crippen molar-refractivity contribution in [1.29, 1.82) is 0 Å². The minimum absolute atomic E-state index is 0.0527. The van der Waals surface area contributed by atoms with Crippen molar-refractivity contribution in [2.45, 2.75) is 38.8 Å². The molecule has 1 heterocycles. The van der Waals surface area contributed by atoms with E-state index in [1.165, 1.54) is 0 Å². The summed E-state index contributed by atoms with van der Waals surface area (Å²) in [4.78, 5) is 26.7. The van der Waals surface area contributed by atoms with E-state index in [2.05, 4.69) is 5.32 Å². The summed E-state index contributed by atoms with van der Waals surface area (Å²) in [5, 5.41) is 3.27. The number of urea groups is 1. The van der Waals surface area contributed by atoms with Crippen molar-refractivity contribution in [3.8, 4) is 0 Å². The first-order chi connectivity index (χ1) is 8.95. The van der Waals surface area contributed by atoms with Crippen LogP contribution in [0.2, 0.25) is 0 Å². The number of esters is 1. The number of amides is 2. The van der Waals surface area contributed by atoms with Crippen molar-refractivity contribution in [1.82, 2.24) is 15.1 Å². The number of nitrogens with zero attached hydrogens (tertiary/aromatic N) is 2. The number of ether oxygens (including phenoxy) is 1. The van der Waals surface area contributed by atoms with Gasteiger partial charge in [-0.25, -0.2) is 4.79 Å². The quantitative estimate of drug-likeness (QED) is 0.764. The average Bonchev–Trinajstić information content (AvgIpc) is 2.38. The molecule has 0 saturated carbocycles. The molecule has 0 radical (unpaired) electrons. The van der Waals surface area contributed by atoms with Gasteiger partial charge in [0.05, 0.1) is 6.61 Å². The summed E-state index contributed by atoms with van der Waals surface area (Å²) >= 11 is 0. The second-order valence-corrected chi connectivity index (χ2v) is 5.08. The summed E-state index contributed by atoms with van der Waals surface area (Å²) in [7, 11) is 3.52. The number of hydrogen-bond acceptors (Lipinski definition) is 4. The molecular formula is C13H25N3O3. The van der Waals surface area contributed by atoms with Crippen molar-refractivity contribution in [2.75, 3.05) is 33.8 Å². The van der Waals surface area contributed by atoms with E-state index in [1.54, 1.807) is 25.9 Å². The van der Waals surface area contributed by atoms with Crippen LogP contribution in [-0.4, -0.2) is 67.7 Å². The molecule has 1 N–H and O–H groups in total. The zero-order chi connectivity index (χ0) is 14.4. The summed E-state index contributed by atoms with van der Waals surface area (Å²) in [5.41, 5.74) is 0. The smallest absolute Gasteiger partial charge is 0.322 e. The molecule has 0 aromatic carbocycles. The molecule has 1 atom stereocenters. The summed E-state index contributed by atoms with van der Waals surface area (Å²) in [6.45, 7) is 5.47. The van der Waals surface area contributed by atoms with E-state index >= 15 is 0 Å². The van der Waals surface area contributed by atoms with Crippen LogP contribution in [0.5, 0.6) is 0 Å². The maximum atomic E-state index is 11.8. The highest BCUT2D eigenvalue weighted by Crippen LogP contribution is 2.12. The van der Waals surface area contributed by atoms with Crippen molar-refractivity contribution >= 4 is 12.0 Å². The molecule has 2 amide bonds. The van der Waals surface area contributed by atoms with Crippen LogP contribution in [0.1, 0.15) is 26.7 Å². The molecule has 1 aliphatic rings. The van der Waals surface area contributed by atoms with Crippen LogP contribution in [0.4, 0.5) is 4.79 Å². The molecule has 1 saturated heterocycles. The minimum atomic E-state index is -0.291. The van der Waals surface area contributed by atoms with Crippen molar-refractivity contribution in [2.24, 2.45) is 0 Å². The average molecular weight is 271 g/mol. The van der Waals surface area contributed by atoms with Gasteiger partial charge >= 0.3 is 12.0 Å². The Labute approximate surface area is 115 Å². The molecule has 1 rings (SSSR count). The Morgan fingerprint density at radius 3 is 2.42 bits per heavy atom. The van der Waals surface area contributed by atoms with Gasteiger partial charge in [0.15, 0.2) is 0 Å². The SMILES string of the molecule is CCOC(=O)C(C)NC1CCN(C(=O)N(C)C)CC1. The fourth-order valence-corrected chi connectivity index (χ4v) is 2.21. The Balaban J connectivity index is 2.34. The van der Waals surface area contributed by atoms with Crippen LogP contribution >= 0.6 is 0 Å². The first-order valence-electron chi connectivity index (χ1n) is 6.84. The lowest BCUT2D eigenvalue weighted by Crippen LogP contribution is -2.51. The van der Waals surface area contributed by atoms with E-state index in [0.29, 0.717) is 6.61 Å². The van der Waals surface area contributed by atoms with E-state index in [0.717, 1.165) is 25.9 Å². The van der Waals surface area contributed by atoms with Crippen LogP contribution in [0.3, 0.4) is 0 Å². The first kappa shape index (κ1) is 15.8. The van der Waals surface area contributed by atoms with Gasteiger partial charge in [0.2, 0.25) is 0 Å². The van der Waals surface area contributed by atoms with E-state index in [1.807, 2.05) is 11.8 Å². The molecule has 0 aliphatic carbocycles. The number of likely N-dealkylation sites (tertiary alicyclic amines) is 1. The van der Waals surface area contributed by atoms with E-state index < -0.39 is 0 Å². The van der Waals surface area contributed by atoms with Crippen molar-refractivity contribution < 1.29 is 14.3 Å². The fraction of sp³-hybridized carbons (Fsp3) is 0.846. The topological polar surface area (TPSA) is 61.9 Å². The van der Waals surface area contributed by atoms with Crippen molar-refractivity contribution in [3.63, 3.8) is 0 Å². The summed E-state index contributed by atoms with van der Waals surface area (Å²) in [5.74, 6) is -0.214. The van der Waals surface area contributed by atoms with Crippen LogP contribution < -0.4 is 5.32 Å². The Morgan fingerprint density at radius 1 is 1.37 bits per heavy atom. The van der Waals surface area contributed by atoms with Crippen LogP contribution in [0, 0.1) is 0 Å². The second-order valence-electron chi connectivity index (χ2n) is 5.08. The van der Waals surface area contributed by atoms with E-state index in [-0.39, 0.29) is 24.1 Å². The normalized spacial score (nSPS) is 18.0. The summed E-state index contributed by atoms with van der Waals surface area (Å²) in [6.07, 6.45) is 1.73. The molecule has 19 heavy (non-hydrogen) atoms. The number of nitrogens with one attached hydrogen (secondary N) is 1. The zero-order valence-corrected chi connectivity index (χ0v) is 12.3. The van der Waals surface area contributed by atoms with Gasteiger partial charge in [-0.15, -0.1) is 0 Å². The first-order valence-corrected chi connectivity index (χ1v) is 6.84. The molecule has 0 aromatic rings. The Bertz CT molecular complexity index is 312. The van der Waals surface area contributed by atoms with Gasteiger partial charge in [0.1, 0.15) is 6.04 Å². The Hall–Kier alpha value is -1.30. The van der Waals surface area contributed by atoms with Crippen LogP contribution in [-0.2, 0) is 9.53 Å². The lowest BCUT2D eigenvalue weighted by molar-refractivity contribution is -0.145. The molecule has 6 nitrogen and oxygen atoms in total. The molecular weight excluding hydrogens is 246 g/mol. The third-order valence-corrected chi connectivity index (χ3v) is 3.27. The maximum Gasteiger partial charge on any atom is 0.322 e. The third-order valence-electron chi connectivity index (χ3n) is 3.27. The number of hydrogen-bond donors (Lipinski definition) is 1. The maximum absolute atomic E-state index is 11.8. The highest BCUT2D eigenvalue weighted by atomic mass is 16.5. The highest BCUT2D eigenvalue weighted by Gasteiger charge is 2.26. The second kappa shape index (κ2) is 7.33. The molecule has 6 heteroatoms. The van der Waals surface area contributed by atoms with Crippen LogP contribution in [0.15, 0.2) is 0 Å². The predicted octanol–water partition coefficient (Wildman–Crippen LogP) is 0.674.